The fourth-order valence-electron chi connectivity index (χ4n) is 3.77. The molecule has 2 rings (SSSR count). The average molecular weight is 556 g/mol. The van der Waals surface area contributed by atoms with E-state index in [1.807, 2.05) is 45.0 Å². The first-order valence-electron chi connectivity index (χ1n) is 12.4. The van der Waals surface area contributed by atoms with Gasteiger partial charge in [-0.2, -0.15) is 13.2 Å². The maximum Gasteiger partial charge on any atom is 0.416 e. The van der Waals surface area contributed by atoms with Gasteiger partial charge in [-0.1, -0.05) is 49.7 Å². The van der Waals surface area contributed by atoms with Crippen LogP contribution in [0.2, 0.25) is 0 Å². The maximum atomic E-state index is 13.3. The van der Waals surface area contributed by atoms with Gasteiger partial charge in [-0.05, 0) is 49.9 Å². The van der Waals surface area contributed by atoms with Crippen LogP contribution in [0.1, 0.15) is 50.3 Å². The minimum atomic E-state index is -4.63. The number of rotatable bonds is 12. The predicted molar refractivity (Wildman–Crippen MR) is 142 cm³/mol. The first-order valence-corrected chi connectivity index (χ1v) is 14.2. The average Bonchev–Trinajstić information content (AvgIpc) is 2.83. The van der Waals surface area contributed by atoms with Crippen molar-refractivity contribution < 1.29 is 31.2 Å². The standard InChI is InChI=1S/C27H36F3N3O4S/c1-19(2)17-31-26(35)21(4)32(18-22-13-11-20(3)12-14-22)25(34)10-7-15-33(38(5,36)37)24-9-6-8-23(16-24)27(28,29)30/h6,8-9,11-14,16,19,21H,7,10,15,17-18H2,1-5H3,(H,31,35)/t21-/m1/s1. The zero-order chi connectivity index (χ0) is 28.7. The molecule has 0 aliphatic heterocycles. The van der Waals surface area contributed by atoms with Gasteiger partial charge in [-0.25, -0.2) is 8.42 Å². The predicted octanol–water partition coefficient (Wildman–Crippen LogP) is 4.75. The molecule has 0 saturated heterocycles. The Morgan fingerprint density at radius 3 is 2.21 bits per heavy atom. The number of hydrogen-bond donors (Lipinski definition) is 1. The Morgan fingerprint density at radius 1 is 1.03 bits per heavy atom. The van der Waals surface area contributed by atoms with Crippen LogP contribution >= 0.6 is 0 Å². The molecule has 210 valence electrons. The smallest absolute Gasteiger partial charge is 0.354 e. The number of nitrogens with one attached hydrogen (secondary N) is 1. The van der Waals surface area contributed by atoms with Gasteiger partial charge >= 0.3 is 6.18 Å². The van der Waals surface area contributed by atoms with Crippen LogP contribution in [0.3, 0.4) is 0 Å². The van der Waals surface area contributed by atoms with E-state index in [1.54, 1.807) is 6.92 Å². The number of benzene rings is 2. The van der Waals surface area contributed by atoms with Crippen molar-refractivity contribution in [2.45, 2.75) is 59.3 Å². The topological polar surface area (TPSA) is 86.8 Å². The quantitative estimate of drug-likeness (QED) is 0.410. The molecule has 11 heteroatoms. The van der Waals surface area contributed by atoms with Crippen molar-refractivity contribution in [3.05, 3.63) is 65.2 Å². The molecule has 38 heavy (non-hydrogen) atoms. The Hall–Kier alpha value is -3.08. The molecule has 0 bridgehead atoms. The van der Waals surface area contributed by atoms with E-state index in [-0.39, 0.29) is 49.4 Å². The van der Waals surface area contributed by atoms with E-state index in [4.69, 9.17) is 0 Å². The second kappa shape index (κ2) is 13.1. The first-order chi connectivity index (χ1) is 17.6. The Kier molecular flexibility index (Phi) is 10.8. The van der Waals surface area contributed by atoms with Gasteiger partial charge in [0, 0.05) is 26.1 Å². The number of aryl methyl sites for hydroxylation is 1. The molecular weight excluding hydrogens is 519 g/mol. The number of sulfonamides is 1. The van der Waals surface area contributed by atoms with Crippen molar-refractivity contribution in [2.75, 3.05) is 23.7 Å². The number of carbonyl (C=O) groups excluding carboxylic acids is 2. The van der Waals surface area contributed by atoms with Crippen LogP contribution in [0.5, 0.6) is 0 Å². The van der Waals surface area contributed by atoms with Crippen molar-refractivity contribution in [3.8, 4) is 0 Å². The van der Waals surface area contributed by atoms with Gasteiger partial charge in [-0.3, -0.25) is 13.9 Å². The van der Waals surface area contributed by atoms with Gasteiger partial charge in [0.25, 0.3) is 0 Å². The lowest BCUT2D eigenvalue weighted by Crippen LogP contribution is -2.48. The number of anilines is 1. The summed E-state index contributed by atoms with van der Waals surface area (Å²) in [5, 5.41) is 2.83. The summed E-state index contributed by atoms with van der Waals surface area (Å²) in [6.45, 7) is 7.92. The van der Waals surface area contributed by atoms with Gasteiger partial charge in [-0.15, -0.1) is 0 Å². The second-order valence-corrected chi connectivity index (χ2v) is 11.7. The molecule has 1 N–H and O–H groups in total. The van der Waals surface area contributed by atoms with E-state index in [9.17, 15) is 31.2 Å². The van der Waals surface area contributed by atoms with Gasteiger partial charge in [0.05, 0.1) is 17.5 Å². The highest BCUT2D eigenvalue weighted by atomic mass is 32.2. The van der Waals surface area contributed by atoms with Crippen molar-refractivity contribution >= 4 is 27.5 Å². The summed E-state index contributed by atoms with van der Waals surface area (Å²) in [7, 11) is -3.92. The number of hydrogen-bond acceptors (Lipinski definition) is 4. The fourth-order valence-corrected chi connectivity index (χ4v) is 4.72. The largest absolute Gasteiger partial charge is 0.416 e. The van der Waals surface area contributed by atoms with Crippen LogP contribution < -0.4 is 9.62 Å². The Morgan fingerprint density at radius 2 is 1.66 bits per heavy atom. The van der Waals surface area contributed by atoms with E-state index in [0.717, 1.165) is 39.9 Å². The van der Waals surface area contributed by atoms with Gasteiger partial charge in [0.15, 0.2) is 0 Å². The van der Waals surface area contributed by atoms with E-state index in [1.165, 1.54) is 11.0 Å². The van der Waals surface area contributed by atoms with Crippen LogP contribution in [-0.4, -0.2) is 50.5 Å². The summed E-state index contributed by atoms with van der Waals surface area (Å²) in [4.78, 5) is 27.5. The van der Waals surface area contributed by atoms with E-state index in [0.29, 0.717) is 6.54 Å². The molecule has 2 aromatic rings. The molecule has 0 aliphatic rings. The molecule has 0 heterocycles. The summed E-state index contributed by atoms with van der Waals surface area (Å²) in [6, 6.07) is 10.8. The highest BCUT2D eigenvalue weighted by molar-refractivity contribution is 7.92. The first kappa shape index (κ1) is 31.1. The van der Waals surface area contributed by atoms with Gasteiger partial charge in [0.2, 0.25) is 21.8 Å². The van der Waals surface area contributed by atoms with E-state index in [2.05, 4.69) is 5.32 Å². The normalized spacial score (nSPS) is 12.8. The zero-order valence-electron chi connectivity index (χ0n) is 22.4. The van der Waals surface area contributed by atoms with Gasteiger partial charge in [0.1, 0.15) is 6.04 Å². The third kappa shape index (κ3) is 9.34. The molecule has 0 spiro atoms. The molecule has 2 aromatic carbocycles. The highest BCUT2D eigenvalue weighted by Crippen LogP contribution is 2.32. The van der Waals surface area contributed by atoms with Crippen LogP contribution in [0, 0.1) is 12.8 Å². The van der Waals surface area contributed by atoms with Crippen LogP contribution in [0.25, 0.3) is 0 Å². The molecule has 2 amide bonds. The molecule has 0 aliphatic carbocycles. The molecule has 0 unspecified atom stereocenters. The molecular formula is C27H36F3N3O4S. The Bertz CT molecular complexity index is 1200. The lowest BCUT2D eigenvalue weighted by Gasteiger charge is -2.30. The number of carbonyl (C=O) groups is 2. The number of nitrogens with zero attached hydrogens (tertiary/aromatic N) is 2. The van der Waals surface area contributed by atoms with Crippen molar-refractivity contribution in [1.29, 1.82) is 0 Å². The molecule has 1 atom stereocenters. The zero-order valence-corrected chi connectivity index (χ0v) is 23.2. The maximum absolute atomic E-state index is 13.3. The number of amides is 2. The molecule has 0 aromatic heterocycles. The lowest BCUT2D eigenvalue weighted by molar-refractivity contribution is -0.140. The molecule has 0 saturated carbocycles. The second-order valence-electron chi connectivity index (χ2n) is 9.81. The van der Waals surface area contributed by atoms with E-state index >= 15 is 0 Å². The third-order valence-corrected chi connectivity index (χ3v) is 7.13. The SMILES string of the molecule is Cc1ccc(CN(C(=O)CCCN(c2cccc(C(F)(F)F)c2)S(C)(=O)=O)[C@H](C)C(=O)NCC(C)C)cc1. The van der Waals surface area contributed by atoms with Crippen molar-refractivity contribution in [1.82, 2.24) is 10.2 Å². The summed E-state index contributed by atoms with van der Waals surface area (Å²) < 4.78 is 65.1. The van der Waals surface area contributed by atoms with Crippen molar-refractivity contribution in [3.63, 3.8) is 0 Å². The minimum Gasteiger partial charge on any atom is -0.354 e. The van der Waals surface area contributed by atoms with Crippen LogP contribution in [0.15, 0.2) is 48.5 Å². The van der Waals surface area contributed by atoms with Crippen LogP contribution in [0.4, 0.5) is 18.9 Å². The van der Waals surface area contributed by atoms with Gasteiger partial charge < -0.3 is 10.2 Å². The summed E-state index contributed by atoms with van der Waals surface area (Å²) in [5.41, 5.74) is 0.775. The van der Waals surface area contributed by atoms with E-state index < -0.39 is 27.8 Å². The molecule has 7 nitrogen and oxygen atoms in total. The van der Waals surface area contributed by atoms with Crippen molar-refractivity contribution in [2.24, 2.45) is 5.92 Å². The minimum absolute atomic E-state index is 0.0485. The Balaban J connectivity index is 2.20. The fraction of sp³-hybridized carbons (Fsp3) is 0.481. The third-order valence-electron chi connectivity index (χ3n) is 5.94. The summed E-state index contributed by atoms with van der Waals surface area (Å²) >= 11 is 0. The highest BCUT2D eigenvalue weighted by Gasteiger charge is 2.32. The monoisotopic (exact) mass is 555 g/mol. The number of alkyl halides is 3. The molecule has 0 fully saturated rings. The Labute approximate surface area is 223 Å². The lowest BCUT2D eigenvalue weighted by atomic mass is 10.1. The summed E-state index contributed by atoms with van der Waals surface area (Å²) in [5.74, 6) is -0.443. The number of halogens is 3. The van der Waals surface area contributed by atoms with Crippen LogP contribution in [-0.2, 0) is 32.3 Å². The summed E-state index contributed by atoms with van der Waals surface area (Å²) in [6.07, 6.45) is -3.77. The molecule has 0 radical (unpaired) electrons.